The van der Waals surface area contributed by atoms with E-state index in [1.54, 1.807) is 0 Å². The Balaban J connectivity index is 0.991. The summed E-state index contributed by atoms with van der Waals surface area (Å²) in [6, 6.07) is 90.2. The lowest BCUT2D eigenvalue weighted by atomic mass is 9.67. The van der Waals surface area contributed by atoms with Gasteiger partial charge >= 0.3 is 0 Å². The molecule has 1 aliphatic carbocycles. The molecule has 2 aromatic heterocycles. The number of nitrogens with zero attached hydrogens (tertiary/aromatic N) is 1. The van der Waals surface area contributed by atoms with Crippen molar-refractivity contribution in [2.45, 2.75) is 5.41 Å². The van der Waals surface area contributed by atoms with Gasteiger partial charge in [0.2, 0.25) is 0 Å². The van der Waals surface area contributed by atoms with Crippen LogP contribution in [0.2, 0.25) is 0 Å². The fraction of sp³-hybridized carbons (Fsp3) is 0.0154. The summed E-state index contributed by atoms with van der Waals surface area (Å²) in [7, 11) is 0. The van der Waals surface area contributed by atoms with Crippen LogP contribution in [0.1, 0.15) is 22.3 Å². The number of anilines is 3. The van der Waals surface area contributed by atoms with Gasteiger partial charge in [-0.05, 0) is 116 Å². The molecule has 0 bridgehead atoms. The SMILES string of the molecule is c1ccc(C2(c3ccccc3)c3ccccc3-c3ccc(N(c4ccc(-c5cccc6c5oc5ccccc56)cc4)c4ccccc4-c4ccc5oc6cc7ccccc7cc6c5c4)cc32)cc1. The van der Waals surface area contributed by atoms with Crippen molar-refractivity contribution >= 4 is 71.7 Å². The molecular formula is C65H41NO2. The molecule has 11 aromatic carbocycles. The smallest absolute Gasteiger partial charge is 0.143 e. The molecule has 0 unspecified atom stereocenters. The first kappa shape index (κ1) is 38.4. The van der Waals surface area contributed by atoms with E-state index >= 15 is 0 Å². The second-order valence-corrected chi connectivity index (χ2v) is 17.9. The number of fused-ring (bicyclic) bond motifs is 10. The van der Waals surface area contributed by atoms with E-state index in [2.05, 4.69) is 241 Å². The average Bonchev–Trinajstić information content (AvgIpc) is 4.06. The molecule has 68 heavy (non-hydrogen) atoms. The molecular weight excluding hydrogens is 827 g/mol. The van der Waals surface area contributed by atoms with E-state index in [-0.39, 0.29) is 0 Å². The van der Waals surface area contributed by atoms with Gasteiger partial charge in [-0.2, -0.15) is 0 Å². The molecule has 0 atom stereocenters. The Morgan fingerprint density at radius 2 is 0.897 bits per heavy atom. The Labute approximate surface area is 393 Å². The van der Waals surface area contributed by atoms with Crippen LogP contribution in [-0.4, -0.2) is 0 Å². The summed E-state index contributed by atoms with van der Waals surface area (Å²) < 4.78 is 13.0. The van der Waals surface area contributed by atoms with Gasteiger partial charge in [0.15, 0.2) is 0 Å². The Kier molecular flexibility index (Phi) is 8.50. The topological polar surface area (TPSA) is 29.5 Å². The second-order valence-electron chi connectivity index (χ2n) is 17.9. The number of furan rings is 2. The number of rotatable bonds is 7. The van der Waals surface area contributed by atoms with E-state index < -0.39 is 5.41 Å². The van der Waals surface area contributed by atoms with Crippen molar-refractivity contribution in [3.05, 3.63) is 271 Å². The highest BCUT2D eigenvalue weighted by molar-refractivity contribution is 6.12. The molecule has 1 aliphatic rings. The van der Waals surface area contributed by atoms with Gasteiger partial charge in [-0.3, -0.25) is 0 Å². The van der Waals surface area contributed by atoms with Crippen LogP contribution in [0.3, 0.4) is 0 Å². The molecule has 3 nitrogen and oxygen atoms in total. The summed E-state index contributed by atoms with van der Waals surface area (Å²) in [5.74, 6) is 0. The second kappa shape index (κ2) is 15.1. The van der Waals surface area contributed by atoms with Gasteiger partial charge in [0, 0.05) is 44.0 Å². The van der Waals surface area contributed by atoms with Crippen molar-refractivity contribution in [2.24, 2.45) is 0 Å². The highest BCUT2D eigenvalue weighted by Gasteiger charge is 2.46. The number of hydrogen-bond acceptors (Lipinski definition) is 3. The third-order valence-corrected chi connectivity index (χ3v) is 14.3. The zero-order chi connectivity index (χ0) is 44.8. The molecule has 318 valence electrons. The minimum absolute atomic E-state index is 0.553. The minimum Gasteiger partial charge on any atom is -0.456 e. The number of benzene rings is 11. The van der Waals surface area contributed by atoms with Crippen LogP contribution in [0, 0.1) is 0 Å². The van der Waals surface area contributed by atoms with E-state index in [0.29, 0.717) is 0 Å². The van der Waals surface area contributed by atoms with Gasteiger partial charge < -0.3 is 13.7 Å². The van der Waals surface area contributed by atoms with Crippen LogP contribution in [0.15, 0.2) is 258 Å². The standard InChI is InChI=1S/C65H41NO2/c1-3-18-46(19-4-1)65(47-20-5-2-6-21-47)58-27-12-9-23-52(58)53-36-35-49(41-59(53)65)66(48-33-30-42(31-34-48)51-25-15-26-55-54-24-11-14-29-61(54)68-64(51)55)60-28-13-10-22-50(60)45-32-37-62-56(39-45)57-38-43-16-7-8-17-44(43)40-63(57)67-62/h1-41H. The van der Waals surface area contributed by atoms with E-state index in [9.17, 15) is 0 Å². The van der Waals surface area contributed by atoms with Crippen LogP contribution in [0.5, 0.6) is 0 Å². The quantitative estimate of drug-likeness (QED) is 0.160. The average molecular weight is 868 g/mol. The molecule has 0 radical (unpaired) electrons. The summed E-state index contributed by atoms with van der Waals surface area (Å²) in [5.41, 5.74) is 18.1. The van der Waals surface area contributed by atoms with Crippen LogP contribution >= 0.6 is 0 Å². The van der Waals surface area contributed by atoms with Gasteiger partial charge in [0.25, 0.3) is 0 Å². The molecule has 0 spiro atoms. The summed E-state index contributed by atoms with van der Waals surface area (Å²) in [6.07, 6.45) is 0. The number of hydrogen-bond donors (Lipinski definition) is 0. The summed E-state index contributed by atoms with van der Waals surface area (Å²) in [4.78, 5) is 2.44. The number of para-hydroxylation sites is 3. The van der Waals surface area contributed by atoms with Gasteiger partial charge in [-0.15, -0.1) is 0 Å². The third-order valence-electron chi connectivity index (χ3n) is 14.3. The monoisotopic (exact) mass is 867 g/mol. The fourth-order valence-electron chi connectivity index (χ4n) is 11.3. The maximum absolute atomic E-state index is 6.54. The molecule has 0 amide bonds. The van der Waals surface area contributed by atoms with Crippen molar-refractivity contribution in [3.63, 3.8) is 0 Å². The maximum Gasteiger partial charge on any atom is 0.143 e. The van der Waals surface area contributed by atoms with Crippen molar-refractivity contribution in [2.75, 3.05) is 4.90 Å². The largest absolute Gasteiger partial charge is 0.456 e. The molecule has 0 aliphatic heterocycles. The first-order valence-electron chi connectivity index (χ1n) is 23.3. The molecule has 0 fully saturated rings. The first-order valence-corrected chi connectivity index (χ1v) is 23.3. The van der Waals surface area contributed by atoms with E-state index in [0.717, 1.165) is 83.2 Å². The summed E-state index contributed by atoms with van der Waals surface area (Å²) >= 11 is 0. The van der Waals surface area contributed by atoms with Gasteiger partial charge in [0.05, 0.1) is 11.1 Å². The van der Waals surface area contributed by atoms with Crippen LogP contribution in [0.25, 0.3) is 88.0 Å². The molecule has 0 saturated carbocycles. The summed E-state index contributed by atoms with van der Waals surface area (Å²) in [6.45, 7) is 0. The third kappa shape index (κ3) is 5.72. The molecule has 13 aromatic rings. The van der Waals surface area contributed by atoms with Gasteiger partial charge in [0.1, 0.15) is 22.3 Å². The van der Waals surface area contributed by atoms with Crippen molar-refractivity contribution in [1.29, 1.82) is 0 Å². The fourth-order valence-corrected chi connectivity index (χ4v) is 11.3. The van der Waals surface area contributed by atoms with Crippen molar-refractivity contribution < 1.29 is 8.83 Å². The van der Waals surface area contributed by atoms with Crippen LogP contribution in [0.4, 0.5) is 17.1 Å². The van der Waals surface area contributed by atoms with E-state index in [1.165, 1.54) is 44.2 Å². The Morgan fingerprint density at radius 1 is 0.309 bits per heavy atom. The Morgan fingerprint density at radius 3 is 1.71 bits per heavy atom. The van der Waals surface area contributed by atoms with Gasteiger partial charge in [-0.1, -0.05) is 188 Å². The lowest BCUT2D eigenvalue weighted by molar-refractivity contribution is 0.669. The Hall–Kier alpha value is -8.92. The highest BCUT2D eigenvalue weighted by atomic mass is 16.3. The molecule has 0 saturated heterocycles. The van der Waals surface area contributed by atoms with Crippen molar-refractivity contribution in [3.8, 4) is 33.4 Å². The van der Waals surface area contributed by atoms with E-state index in [1.807, 2.05) is 12.1 Å². The maximum atomic E-state index is 6.54. The highest BCUT2D eigenvalue weighted by Crippen LogP contribution is 2.57. The zero-order valence-corrected chi connectivity index (χ0v) is 36.9. The first-order chi connectivity index (χ1) is 33.7. The van der Waals surface area contributed by atoms with Crippen LogP contribution < -0.4 is 4.90 Å². The molecule has 14 rings (SSSR count). The van der Waals surface area contributed by atoms with E-state index in [4.69, 9.17) is 8.83 Å². The van der Waals surface area contributed by atoms with Crippen LogP contribution in [-0.2, 0) is 5.41 Å². The predicted molar refractivity (Wildman–Crippen MR) is 281 cm³/mol. The van der Waals surface area contributed by atoms with Gasteiger partial charge in [-0.25, -0.2) is 0 Å². The lowest BCUT2D eigenvalue weighted by Gasteiger charge is -2.35. The van der Waals surface area contributed by atoms with Crippen molar-refractivity contribution in [1.82, 2.24) is 0 Å². The molecule has 3 heteroatoms. The molecule has 2 heterocycles. The lowest BCUT2D eigenvalue weighted by Crippen LogP contribution is -2.28. The summed E-state index contributed by atoms with van der Waals surface area (Å²) in [5, 5.41) is 6.81. The Bertz CT molecular complexity index is 4050. The zero-order valence-electron chi connectivity index (χ0n) is 36.9. The minimum atomic E-state index is -0.553. The molecule has 0 N–H and O–H groups in total. The normalized spacial score (nSPS) is 12.8. The predicted octanol–water partition coefficient (Wildman–Crippen LogP) is 17.8.